The predicted octanol–water partition coefficient (Wildman–Crippen LogP) is 3.36. The molecule has 1 saturated carbocycles. The smallest absolute Gasteiger partial charge is 0.263 e. The summed E-state index contributed by atoms with van der Waals surface area (Å²) in [6.45, 7) is 1.92. The number of thiophene rings is 1. The Morgan fingerprint density at radius 2 is 1.95 bits per heavy atom. The maximum Gasteiger partial charge on any atom is 0.263 e. The van der Waals surface area contributed by atoms with Crippen LogP contribution >= 0.6 is 11.3 Å². The van der Waals surface area contributed by atoms with E-state index in [1.165, 1.54) is 19.3 Å². The molecule has 2 fully saturated rings. The molecule has 1 aromatic heterocycles. The van der Waals surface area contributed by atoms with Crippen molar-refractivity contribution in [2.24, 2.45) is 11.8 Å². The fourth-order valence-electron chi connectivity index (χ4n) is 3.72. The fourth-order valence-corrected chi connectivity index (χ4v) is 4.73. The van der Waals surface area contributed by atoms with Crippen molar-refractivity contribution in [3.8, 4) is 0 Å². The Bertz CT molecular complexity index is 666. The van der Waals surface area contributed by atoms with Gasteiger partial charge in [0.15, 0.2) is 0 Å². The molecule has 0 bridgehead atoms. The number of carbonyl (C=O) groups is 1. The van der Waals surface area contributed by atoms with Gasteiger partial charge in [0.1, 0.15) is 0 Å². The number of nitrogen functional groups attached to an aromatic ring is 1. The highest BCUT2D eigenvalue weighted by Crippen LogP contribution is 2.39. The van der Waals surface area contributed by atoms with Crippen LogP contribution in [0.5, 0.6) is 0 Å². The number of likely N-dealkylation sites (tertiary alicyclic amines) is 1. The number of hydrogen-bond acceptors (Lipinski definition) is 3. The molecular weight excluding hydrogens is 268 g/mol. The lowest BCUT2D eigenvalue weighted by molar-refractivity contribution is 0.0785. The van der Waals surface area contributed by atoms with Gasteiger partial charge in [0.2, 0.25) is 0 Å². The maximum absolute atomic E-state index is 12.6. The van der Waals surface area contributed by atoms with E-state index in [0.717, 1.165) is 45.6 Å². The van der Waals surface area contributed by atoms with Crippen molar-refractivity contribution < 1.29 is 4.79 Å². The largest absolute Gasteiger partial charge is 0.399 e. The normalized spacial score (nSPS) is 25.3. The molecule has 2 N–H and O–H groups in total. The van der Waals surface area contributed by atoms with Gasteiger partial charge in [-0.2, -0.15) is 0 Å². The van der Waals surface area contributed by atoms with Gasteiger partial charge in [-0.05, 0) is 54.3 Å². The van der Waals surface area contributed by atoms with E-state index in [2.05, 4.69) is 4.90 Å². The van der Waals surface area contributed by atoms with E-state index >= 15 is 0 Å². The molecule has 1 aliphatic carbocycles. The minimum absolute atomic E-state index is 0.208. The van der Waals surface area contributed by atoms with Gasteiger partial charge in [-0.15, -0.1) is 11.3 Å². The Labute approximate surface area is 122 Å². The number of hydrogen-bond donors (Lipinski definition) is 1. The topological polar surface area (TPSA) is 46.3 Å². The first-order valence-electron chi connectivity index (χ1n) is 7.29. The van der Waals surface area contributed by atoms with Gasteiger partial charge in [-0.3, -0.25) is 4.79 Å². The third-order valence-corrected chi connectivity index (χ3v) is 5.87. The van der Waals surface area contributed by atoms with Crippen molar-refractivity contribution in [2.75, 3.05) is 18.8 Å². The lowest BCUT2D eigenvalue weighted by atomic mass is 10.0. The average molecular weight is 286 g/mol. The molecule has 2 unspecified atom stereocenters. The molecule has 3 nitrogen and oxygen atoms in total. The minimum Gasteiger partial charge on any atom is -0.399 e. The van der Waals surface area contributed by atoms with E-state index in [0.29, 0.717) is 0 Å². The molecule has 2 atom stereocenters. The van der Waals surface area contributed by atoms with Gasteiger partial charge < -0.3 is 10.6 Å². The Balaban J connectivity index is 1.61. The van der Waals surface area contributed by atoms with Crippen molar-refractivity contribution in [3.05, 3.63) is 29.1 Å². The molecule has 1 saturated heterocycles. The van der Waals surface area contributed by atoms with Crippen LogP contribution in [-0.4, -0.2) is 23.9 Å². The molecule has 2 aliphatic rings. The third kappa shape index (κ3) is 1.90. The van der Waals surface area contributed by atoms with Crippen molar-refractivity contribution in [1.29, 1.82) is 0 Å². The molecule has 4 rings (SSSR count). The summed E-state index contributed by atoms with van der Waals surface area (Å²) in [5, 5.41) is 1.08. The van der Waals surface area contributed by atoms with Crippen LogP contribution in [0.3, 0.4) is 0 Å². The highest BCUT2D eigenvalue weighted by Gasteiger charge is 2.38. The number of carbonyl (C=O) groups excluding carboxylic acids is 1. The van der Waals surface area contributed by atoms with Crippen LogP contribution in [-0.2, 0) is 0 Å². The van der Waals surface area contributed by atoms with Crippen molar-refractivity contribution in [3.63, 3.8) is 0 Å². The molecule has 2 heterocycles. The zero-order chi connectivity index (χ0) is 13.7. The summed E-state index contributed by atoms with van der Waals surface area (Å²) in [5.41, 5.74) is 6.56. The number of nitrogens with two attached hydrogens (primary N) is 1. The SMILES string of the molecule is Nc1ccc2sc(C(=O)N3CC4CCCC4C3)cc2c1. The summed E-state index contributed by atoms with van der Waals surface area (Å²) >= 11 is 1.58. The minimum atomic E-state index is 0.208. The Hall–Kier alpha value is -1.55. The van der Waals surface area contributed by atoms with Crippen LogP contribution in [0, 0.1) is 11.8 Å². The lowest BCUT2D eigenvalue weighted by Crippen LogP contribution is -2.28. The summed E-state index contributed by atoms with van der Waals surface area (Å²) < 4.78 is 1.14. The molecular formula is C16H18N2OS. The van der Waals surface area contributed by atoms with Crippen LogP contribution < -0.4 is 5.73 Å². The molecule has 2 aromatic rings. The van der Waals surface area contributed by atoms with E-state index in [4.69, 9.17) is 5.73 Å². The third-order valence-electron chi connectivity index (χ3n) is 4.76. The second kappa shape index (κ2) is 4.48. The van der Waals surface area contributed by atoms with Crippen molar-refractivity contribution in [2.45, 2.75) is 19.3 Å². The number of rotatable bonds is 1. The van der Waals surface area contributed by atoms with Gasteiger partial charge in [0, 0.05) is 23.5 Å². The molecule has 1 amide bonds. The lowest BCUT2D eigenvalue weighted by Gasteiger charge is -2.15. The first-order valence-corrected chi connectivity index (χ1v) is 8.11. The van der Waals surface area contributed by atoms with Gasteiger partial charge in [0.05, 0.1) is 4.88 Å². The Kier molecular flexibility index (Phi) is 2.74. The molecule has 4 heteroatoms. The van der Waals surface area contributed by atoms with Gasteiger partial charge >= 0.3 is 0 Å². The van der Waals surface area contributed by atoms with E-state index < -0.39 is 0 Å². The number of fused-ring (bicyclic) bond motifs is 2. The summed E-state index contributed by atoms with van der Waals surface area (Å²) in [6, 6.07) is 7.84. The first kappa shape index (κ1) is 12.2. The molecule has 0 spiro atoms. The quantitative estimate of drug-likeness (QED) is 0.817. The second-order valence-electron chi connectivity index (χ2n) is 6.07. The summed E-state index contributed by atoms with van der Waals surface area (Å²) in [4.78, 5) is 15.5. The fraction of sp³-hybridized carbons (Fsp3) is 0.438. The summed E-state index contributed by atoms with van der Waals surface area (Å²) in [6.07, 6.45) is 3.95. The highest BCUT2D eigenvalue weighted by atomic mass is 32.1. The summed E-state index contributed by atoms with van der Waals surface area (Å²) in [5.74, 6) is 1.71. The summed E-state index contributed by atoms with van der Waals surface area (Å²) in [7, 11) is 0. The Morgan fingerprint density at radius 3 is 2.70 bits per heavy atom. The highest BCUT2D eigenvalue weighted by molar-refractivity contribution is 7.20. The van der Waals surface area contributed by atoms with E-state index in [1.807, 2.05) is 24.3 Å². The van der Waals surface area contributed by atoms with Crippen LogP contribution in [0.2, 0.25) is 0 Å². The number of benzene rings is 1. The zero-order valence-corrected chi connectivity index (χ0v) is 12.2. The van der Waals surface area contributed by atoms with Crippen LogP contribution in [0.4, 0.5) is 5.69 Å². The standard InChI is InChI=1S/C16H18N2OS/c17-13-4-5-14-12(6-13)7-15(20-14)16(19)18-8-10-2-1-3-11(10)9-18/h4-7,10-11H,1-3,8-9,17H2. The van der Waals surface area contributed by atoms with Crippen LogP contribution in [0.25, 0.3) is 10.1 Å². The molecule has 1 aliphatic heterocycles. The predicted molar refractivity (Wildman–Crippen MR) is 83.0 cm³/mol. The number of anilines is 1. The molecule has 0 radical (unpaired) electrons. The maximum atomic E-state index is 12.6. The zero-order valence-electron chi connectivity index (χ0n) is 11.3. The molecule has 20 heavy (non-hydrogen) atoms. The van der Waals surface area contributed by atoms with E-state index in [1.54, 1.807) is 11.3 Å². The van der Waals surface area contributed by atoms with Gasteiger partial charge in [-0.25, -0.2) is 0 Å². The van der Waals surface area contributed by atoms with Crippen LogP contribution in [0.1, 0.15) is 28.9 Å². The van der Waals surface area contributed by atoms with E-state index in [9.17, 15) is 4.79 Å². The van der Waals surface area contributed by atoms with Gasteiger partial charge in [0.25, 0.3) is 5.91 Å². The van der Waals surface area contributed by atoms with Crippen LogP contribution in [0.15, 0.2) is 24.3 Å². The number of amides is 1. The van der Waals surface area contributed by atoms with Crippen molar-refractivity contribution >= 4 is 33.0 Å². The van der Waals surface area contributed by atoms with Crippen molar-refractivity contribution in [1.82, 2.24) is 4.90 Å². The Morgan fingerprint density at radius 1 is 1.20 bits per heavy atom. The molecule has 1 aromatic carbocycles. The molecule has 104 valence electrons. The monoisotopic (exact) mass is 286 g/mol. The van der Waals surface area contributed by atoms with Gasteiger partial charge in [-0.1, -0.05) is 6.42 Å². The second-order valence-corrected chi connectivity index (χ2v) is 7.15. The van der Waals surface area contributed by atoms with E-state index in [-0.39, 0.29) is 5.91 Å². The number of nitrogens with zero attached hydrogens (tertiary/aromatic N) is 1. The average Bonchev–Trinajstić information content (AvgIpc) is 3.10. The first-order chi connectivity index (χ1) is 9.70.